The molecular formula is C24H32O7. The number of aliphatic hydroxyl groups is 2. The molecule has 0 aromatic heterocycles. The number of carbonyl (C=O) groups is 2. The predicted octanol–water partition coefficient (Wildman–Crippen LogP) is 2.48. The summed E-state index contributed by atoms with van der Waals surface area (Å²) in [7, 11) is 0. The molecule has 4 rings (SSSR count). The minimum absolute atomic E-state index is 0.130. The highest BCUT2D eigenvalue weighted by Gasteiger charge is 2.79. The van der Waals surface area contributed by atoms with Crippen molar-refractivity contribution >= 4 is 11.9 Å². The second kappa shape index (κ2) is 7.57. The van der Waals surface area contributed by atoms with Crippen molar-refractivity contribution in [2.24, 2.45) is 17.3 Å². The van der Waals surface area contributed by atoms with E-state index in [9.17, 15) is 19.8 Å². The Morgan fingerprint density at radius 3 is 2.45 bits per heavy atom. The normalized spacial score (nSPS) is 40.6. The zero-order valence-electron chi connectivity index (χ0n) is 18.5. The van der Waals surface area contributed by atoms with Gasteiger partial charge in [-0.05, 0) is 51.2 Å². The van der Waals surface area contributed by atoms with Crippen LogP contribution in [0.4, 0.5) is 0 Å². The van der Waals surface area contributed by atoms with Gasteiger partial charge in [0.15, 0.2) is 0 Å². The molecule has 7 unspecified atom stereocenters. The topological polar surface area (TPSA) is 102 Å². The van der Waals surface area contributed by atoms with Crippen molar-refractivity contribution in [1.82, 2.24) is 0 Å². The maximum absolute atomic E-state index is 13.0. The van der Waals surface area contributed by atoms with Gasteiger partial charge in [0.1, 0.15) is 17.8 Å². The van der Waals surface area contributed by atoms with Crippen molar-refractivity contribution < 1.29 is 34.0 Å². The maximum Gasteiger partial charge on any atom is 0.338 e. The predicted molar refractivity (Wildman–Crippen MR) is 111 cm³/mol. The summed E-state index contributed by atoms with van der Waals surface area (Å²) < 4.78 is 18.5. The molecule has 2 N–H and O–H groups in total. The Kier molecular flexibility index (Phi) is 5.43. The molecule has 1 saturated heterocycles. The Hall–Kier alpha value is -1.96. The van der Waals surface area contributed by atoms with Crippen LogP contribution in [0.15, 0.2) is 30.3 Å². The summed E-state index contributed by atoms with van der Waals surface area (Å²) >= 11 is 0. The molecule has 0 radical (unpaired) electrons. The summed E-state index contributed by atoms with van der Waals surface area (Å²) in [5, 5.41) is 22.1. The molecule has 2 saturated carbocycles. The van der Waals surface area contributed by atoms with Gasteiger partial charge in [-0.25, -0.2) is 4.79 Å². The Morgan fingerprint density at radius 1 is 1.16 bits per heavy atom. The number of ether oxygens (including phenoxy) is 3. The third kappa shape index (κ3) is 3.04. The average Bonchev–Trinajstić information content (AvgIpc) is 2.88. The first-order chi connectivity index (χ1) is 14.6. The first-order valence-electron chi connectivity index (χ1n) is 11.0. The number of benzene rings is 1. The Labute approximate surface area is 182 Å². The van der Waals surface area contributed by atoms with Gasteiger partial charge in [-0.3, -0.25) is 4.79 Å². The zero-order valence-corrected chi connectivity index (χ0v) is 18.5. The van der Waals surface area contributed by atoms with Gasteiger partial charge >= 0.3 is 11.9 Å². The van der Waals surface area contributed by atoms with Crippen LogP contribution < -0.4 is 0 Å². The standard InChI is InChI=1S/C24H32O7/c1-14-10-11-18(27)23(13-25)19(30-21(28)16-8-6-5-7-9-16)12-17-20(29-15(2)26)24(14,23)31-22(17,3)4/h5-9,14,17-20,25,27H,10-13H2,1-4H3. The summed E-state index contributed by atoms with van der Waals surface area (Å²) in [6, 6.07) is 8.66. The van der Waals surface area contributed by atoms with Gasteiger partial charge < -0.3 is 24.4 Å². The van der Waals surface area contributed by atoms with Crippen molar-refractivity contribution in [3.05, 3.63) is 35.9 Å². The van der Waals surface area contributed by atoms with E-state index in [4.69, 9.17) is 14.2 Å². The molecule has 7 nitrogen and oxygen atoms in total. The molecule has 31 heavy (non-hydrogen) atoms. The van der Waals surface area contributed by atoms with E-state index in [1.54, 1.807) is 24.3 Å². The molecule has 1 heterocycles. The molecule has 1 aromatic carbocycles. The molecule has 170 valence electrons. The summed E-state index contributed by atoms with van der Waals surface area (Å²) in [5.74, 6) is -1.33. The molecule has 1 aliphatic heterocycles. The molecule has 1 spiro atoms. The lowest BCUT2D eigenvalue weighted by molar-refractivity contribution is -0.299. The lowest BCUT2D eigenvalue weighted by Crippen LogP contribution is -2.75. The number of carbonyl (C=O) groups excluding carboxylic acids is 2. The molecule has 2 aliphatic carbocycles. The monoisotopic (exact) mass is 432 g/mol. The Bertz CT molecular complexity index is 853. The maximum atomic E-state index is 13.0. The highest BCUT2D eigenvalue weighted by molar-refractivity contribution is 5.89. The van der Waals surface area contributed by atoms with Gasteiger partial charge in [-0.15, -0.1) is 0 Å². The van der Waals surface area contributed by atoms with Crippen molar-refractivity contribution in [1.29, 1.82) is 0 Å². The fourth-order valence-electron chi connectivity index (χ4n) is 6.49. The molecule has 3 aliphatic rings. The lowest BCUT2D eigenvalue weighted by Gasteiger charge is -2.61. The van der Waals surface area contributed by atoms with Gasteiger partial charge in [-0.1, -0.05) is 25.1 Å². The van der Waals surface area contributed by atoms with Crippen LogP contribution in [0.25, 0.3) is 0 Å². The van der Waals surface area contributed by atoms with E-state index >= 15 is 0 Å². The smallest absolute Gasteiger partial charge is 0.338 e. The fourth-order valence-corrected chi connectivity index (χ4v) is 6.49. The number of hydrogen-bond acceptors (Lipinski definition) is 7. The van der Waals surface area contributed by atoms with Gasteiger partial charge in [0, 0.05) is 12.8 Å². The number of aliphatic hydroxyl groups excluding tert-OH is 2. The van der Waals surface area contributed by atoms with Crippen molar-refractivity contribution in [3.8, 4) is 0 Å². The van der Waals surface area contributed by atoms with Crippen molar-refractivity contribution in [3.63, 3.8) is 0 Å². The van der Waals surface area contributed by atoms with Gasteiger partial charge in [0.05, 0.1) is 29.3 Å². The SMILES string of the molecule is CC(=O)OC1C2CC(OC(=O)c3ccccc3)C3(CO)C(O)CCC(C)C13OC2(C)C. The number of hydrogen-bond donors (Lipinski definition) is 2. The van der Waals surface area contributed by atoms with Crippen LogP contribution >= 0.6 is 0 Å². The van der Waals surface area contributed by atoms with E-state index in [2.05, 4.69) is 0 Å². The van der Waals surface area contributed by atoms with Crippen LogP contribution in [0.5, 0.6) is 0 Å². The van der Waals surface area contributed by atoms with Crippen molar-refractivity contribution in [2.75, 3.05) is 6.61 Å². The quantitative estimate of drug-likeness (QED) is 0.705. The Morgan fingerprint density at radius 2 is 1.84 bits per heavy atom. The summed E-state index contributed by atoms with van der Waals surface area (Å²) in [6.07, 6.45) is -1.02. The van der Waals surface area contributed by atoms with E-state index < -0.39 is 53.5 Å². The van der Waals surface area contributed by atoms with E-state index in [-0.39, 0.29) is 11.8 Å². The van der Waals surface area contributed by atoms with Crippen LogP contribution in [0.2, 0.25) is 0 Å². The first-order valence-corrected chi connectivity index (χ1v) is 11.0. The second-order valence-electron chi connectivity index (χ2n) is 9.82. The largest absolute Gasteiger partial charge is 0.459 e. The molecule has 0 amide bonds. The summed E-state index contributed by atoms with van der Waals surface area (Å²) in [5.41, 5.74) is -2.77. The van der Waals surface area contributed by atoms with Crippen LogP contribution in [-0.4, -0.2) is 58.3 Å². The highest BCUT2D eigenvalue weighted by Crippen LogP contribution is 2.67. The highest BCUT2D eigenvalue weighted by atomic mass is 16.6. The second-order valence-corrected chi connectivity index (χ2v) is 9.82. The molecule has 7 atom stereocenters. The number of rotatable bonds is 4. The first kappa shape index (κ1) is 22.2. The third-order valence-corrected chi connectivity index (χ3v) is 7.90. The minimum Gasteiger partial charge on any atom is -0.459 e. The minimum atomic E-state index is -1.31. The van der Waals surface area contributed by atoms with Crippen LogP contribution in [-0.2, 0) is 19.0 Å². The zero-order chi connectivity index (χ0) is 22.6. The number of fused-ring (bicyclic) bond motifs is 1. The Balaban J connectivity index is 1.84. The van der Waals surface area contributed by atoms with E-state index in [1.807, 2.05) is 26.8 Å². The summed E-state index contributed by atoms with van der Waals surface area (Å²) in [4.78, 5) is 25.0. The fraction of sp³-hybridized carbons (Fsp3) is 0.667. The van der Waals surface area contributed by atoms with Crippen LogP contribution in [0, 0.1) is 17.3 Å². The van der Waals surface area contributed by atoms with Crippen LogP contribution in [0.3, 0.4) is 0 Å². The molecule has 3 fully saturated rings. The molecule has 1 aromatic rings. The molecular weight excluding hydrogens is 400 g/mol. The average molecular weight is 433 g/mol. The third-order valence-electron chi connectivity index (χ3n) is 7.90. The van der Waals surface area contributed by atoms with E-state index in [0.29, 0.717) is 24.8 Å². The number of esters is 2. The molecule has 2 bridgehead atoms. The lowest BCUT2D eigenvalue weighted by atomic mass is 9.48. The summed E-state index contributed by atoms with van der Waals surface area (Å²) in [6.45, 7) is 6.76. The van der Waals surface area contributed by atoms with Gasteiger partial charge in [0.2, 0.25) is 0 Å². The van der Waals surface area contributed by atoms with E-state index in [1.165, 1.54) is 6.92 Å². The van der Waals surface area contributed by atoms with Crippen LogP contribution in [0.1, 0.15) is 57.3 Å². The van der Waals surface area contributed by atoms with Gasteiger partial charge in [0.25, 0.3) is 0 Å². The van der Waals surface area contributed by atoms with Crippen molar-refractivity contribution in [2.45, 2.75) is 76.5 Å². The van der Waals surface area contributed by atoms with Gasteiger partial charge in [-0.2, -0.15) is 0 Å². The molecule has 7 heteroatoms. The van der Waals surface area contributed by atoms with E-state index in [0.717, 1.165) is 0 Å².